The lowest BCUT2D eigenvalue weighted by Gasteiger charge is -2.31. The fraction of sp³-hybridized carbons (Fsp3) is 0.786. The molecule has 0 aromatic carbocycles. The van der Waals surface area contributed by atoms with Crippen molar-refractivity contribution in [2.24, 2.45) is 0 Å². The molecule has 3 unspecified atom stereocenters. The van der Waals surface area contributed by atoms with E-state index < -0.39 is 0 Å². The zero-order valence-electron chi connectivity index (χ0n) is 12.0. The van der Waals surface area contributed by atoms with E-state index in [2.05, 4.69) is 31.9 Å². The van der Waals surface area contributed by atoms with Crippen molar-refractivity contribution in [1.82, 2.24) is 9.78 Å². The van der Waals surface area contributed by atoms with Crippen LogP contribution in [0.15, 0.2) is 6.07 Å². The van der Waals surface area contributed by atoms with Crippen LogP contribution in [0.5, 0.6) is 0 Å². The van der Waals surface area contributed by atoms with Gasteiger partial charge < -0.3 is 5.11 Å². The Labute approximate surface area is 124 Å². The van der Waals surface area contributed by atoms with E-state index in [1.807, 2.05) is 28.2 Å². The molecular weight excluding hydrogens is 276 g/mol. The number of aromatic nitrogens is 2. The van der Waals surface area contributed by atoms with E-state index in [1.165, 1.54) is 11.4 Å². The predicted molar refractivity (Wildman–Crippen MR) is 85.2 cm³/mol. The van der Waals surface area contributed by atoms with Gasteiger partial charge in [-0.3, -0.25) is 4.68 Å². The summed E-state index contributed by atoms with van der Waals surface area (Å²) in [6.45, 7) is 7.35. The Kier molecular flexibility index (Phi) is 5.66. The third kappa shape index (κ3) is 3.70. The van der Waals surface area contributed by atoms with Gasteiger partial charge in [-0.25, -0.2) is 0 Å². The molecule has 0 amide bonds. The lowest BCUT2D eigenvalue weighted by Crippen LogP contribution is -2.36. The quantitative estimate of drug-likeness (QED) is 0.907. The molecule has 1 fully saturated rings. The molecule has 1 N–H and O–H groups in total. The second-order valence-corrected chi connectivity index (χ2v) is 7.75. The van der Waals surface area contributed by atoms with Crippen LogP contribution in [0.4, 0.5) is 0 Å². The summed E-state index contributed by atoms with van der Waals surface area (Å²) in [5, 5.41) is 16.0. The SMILES string of the molecule is CCc1cc(CC(O)C2SCCSC2C)n(CC)n1. The Balaban J connectivity index is 2.04. The number of thioether (sulfide) groups is 2. The maximum atomic E-state index is 10.5. The molecule has 1 aromatic heterocycles. The Morgan fingerprint density at radius 3 is 2.79 bits per heavy atom. The van der Waals surface area contributed by atoms with Crippen molar-refractivity contribution in [2.75, 3.05) is 11.5 Å². The van der Waals surface area contributed by atoms with E-state index in [4.69, 9.17) is 0 Å². The van der Waals surface area contributed by atoms with Crippen LogP contribution in [-0.4, -0.2) is 43.0 Å². The third-order valence-electron chi connectivity index (χ3n) is 3.61. The topological polar surface area (TPSA) is 38.0 Å². The summed E-state index contributed by atoms with van der Waals surface area (Å²) in [4.78, 5) is 0. The number of hydrogen-bond acceptors (Lipinski definition) is 4. The van der Waals surface area contributed by atoms with Gasteiger partial charge in [0.05, 0.1) is 11.8 Å². The first-order chi connectivity index (χ1) is 9.15. The maximum absolute atomic E-state index is 10.5. The molecule has 0 saturated carbocycles. The van der Waals surface area contributed by atoms with Gasteiger partial charge in [-0.05, 0) is 19.4 Å². The molecule has 1 aliphatic heterocycles. The summed E-state index contributed by atoms with van der Waals surface area (Å²) in [5.41, 5.74) is 2.30. The van der Waals surface area contributed by atoms with E-state index in [9.17, 15) is 5.11 Å². The van der Waals surface area contributed by atoms with E-state index in [0.29, 0.717) is 10.5 Å². The molecule has 0 radical (unpaired) electrons. The second kappa shape index (κ2) is 7.04. The fourth-order valence-corrected chi connectivity index (χ4v) is 5.37. The molecule has 5 heteroatoms. The summed E-state index contributed by atoms with van der Waals surface area (Å²) in [6, 6.07) is 2.15. The number of aliphatic hydroxyl groups excluding tert-OH is 1. The molecule has 3 atom stereocenters. The largest absolute Gasteiger partial charge is 0.392 e. The number of nitrogens with zero attached hydrogens (tertiary/aromatic N) is 2. The first kappa shape index (κ1) is 15.3. The molecule has 1 aliphatic rings. The van der Waals surface area contributed by atoms with Crippen LogP contribution < -0.4 is 0 Å². The minimum atomic E-state index is -0.264. The molecule has 19 heavy (non-hydrogen) atoms. The van der Waals surface area contributed by atoms with Crippen LogP contribution in [0.3, 0.4) is 0 Å². The zero-order valence-corrected chi connectivity index (χ0v) is 13.6. The smallest absolute Gasteiger partial charge is 0.0724 e. The zero-order chi connectivity index (χ0) is 13.8. The van der Waals surface area contributed by atoms with Gasteiger partial charge in [-0.1, -0.05) is 13.8 Å². The second-order valence-electron chi connectivity index (χ2n) is 4.98. The molecular formula is C14H24N2OS2. The van der Waals surface area contributed by atoms with E-state index in [-0.39, 0.29) is 6.10 Å². The van der Waals surface area contributed by atoms with E-state index in [1.54, 1.807) is 0 Å². The van der Waals surface area contributed by atoms with Gasteiger partial charge in [0.15, 0.2) is 0 Å². The van der Waals surface area contributed by atoms with Gasteiger partial charge in [0.2, 0.25) is 0 Å². The van der Waals surface area contributed by atoms with E-state index >= 15 is 0 Å². The van der Waals surface area contributed by atoms with Gasteiger partial charge in [-0.15, -0.1) is 0 Å². The summed E-state index contributed by atoms with van der Waals surface area (Å²) < 4.78 is 2.04. The van der Waals surface area contributed by atoms with Crippen LogP contribution in [0.1, 0.15) is 32.2 Å². The Bertz CT molecular complexity index is 408. The molecule has 1 saturated heterocycles. The van der Waals surface area contributed by atoms with Gasteiger partial charge in [0.1, 0.15) is 0 Å². The first-order valence-electron chi connectivity index (χ1n) is 7.12. The van der Waals surface area contributed by atoms with Crippen LogP contribution in [0.2, 0.25) is 0 Å². The first-order valence-corrected chi connectivity index (χ1v) is 9.22. The van der Waals surface area contributed by atoms with Crippen molar-refractivity contribution in [2.45, 2.75) is 56.8 Å². The highest BCUT2D eigenvalue weighted by molar-refractivity contribution is 8.07. The highest BCUT2D eigenvalue weighted by atomic mass is 32.2. The molecule has 3 nitrogen and oxygen atoms in total. The Morgan fingerprint density at radius 2 is 2.16 bits per heavy atom. The average Bonchev–Trinajstić information content (AvgIpc) is 2.81. The monoisotopic (exact) mass is 300 g/mol. The van der Waals surface area contributed by atoms with E-state index in [0.717, 1.165) is 30.8 Å². The van der Waals surface area contributed by atoms with Crippen LogP contribution in [0, 0.1) is 0 Å². The average molecular weight is 300 g/mol. The number of aryl methyl sites for hydroxylation is 2. The molecule has 0 aliphatic carbocycles. The minimum absolute atomic E-state index is 0.264. The number of rotatable bonds is 5. The number of hydrogen-bond donors (Lipinski definition) is 1. The van der Waals surface area contributed by atoms with Crippen LogP contribution in [-0.2, 0) is 19.4 Å². The van der Waals surface area contributed by atoms with Crippen molar-refractivity contribution in [3.8, 4) is 0 Å². The molecule has 0 spiro atoms. The van der Waals surface area contributed by atoms with Crippen molar-refractivity contribution in [3.63, 3.8) is 0 Å². The summed E-state index contributed by atoms with van der Waals surface area (Å²) >= 11 is 3.91. The lowest BCUT2D eigenvalue weighted by atomic mass is 10.1. The molecule has 1 aromatic rings. The lowest BCUT2D eigenvalue weighted by molar-refractivity contribution is 0.168. The highest BCUT2D eigenvalue weighted by Crippen LogP contribution is 2.34. The Hall–Kier alpha value is -0.130. The molecule has 2 rings (SSSR count). The van der Waals surface area contributed by atoms with Crippen molar-refractivity contribution in [3.05, 3.63) is 17.5 Å². The van der Waals surface area contributed by atoms with Crippen molar-refractivity contribution >= 4 is 23.5 Å². The Morgan fingerprint density at radius 1 is 1.42 bits per heavy atom. The van der Waals surface area contributed by atoms with Crippen molar-refractivity contribution in [1.29, 1.82) is 0 Å². The summed E-state index contributed by atoms with van der Waals surface area (Å²) in [5.74, 6) is 2.37. The van der Waals surface area contributed by atoms with Crippen LogP contribution in [0.25, 0.3) is 0 Å². The van der Waals surface area contributed by atoms with Gasteiger partial charge in [-0.2, -0.15) is 28.6 Å². The third-order valence-corrected chi connectivity index (χ3v) is 6.85. The van der Waals surface area contributed by atoms with Gasteiger partial charge in [0, 0.05) is 40.7 Å². The fourth-order valence-electron chi connectivity index (χ4n) is 2.53. The summed E-state index contributed by atoms with van der Waals surface area (Å²) in [7, 11) is 0. The maximum Gasteiger partial charge on any atom is 0.0724 e. The van der Waals surface area contributed by atoms with Crippen LogP contribution >= 0.6 is 23.5 Å². The normalized spacial score (nSPS) is 25.5. The van der Waals surface area contributed by atoms with Gasteiger partial charge >= 0.3 is 0 Å². The predicted octanol–water partition coefficient (Wildman–Crippen LogP) is 2.61. The molecule has 108 valence electrons. The number of aliphatic hydroxyl groups is 1. The highest BCUT2D eigenvalue weighted by Gasteiger charge is 2.29. The minimum Gasteiger partial charge on any atom is -0.392 e. The standard InChI is InChI=1S/C14H24N2OS2/c1-4-11-8-12(16(5-2)15-11)9-13(17)14-10(3)18-6-7-19-14/h8,10,13-14,17H,4-7,9H2,1-3H3. The van der Waals surface area contributed by atoms with Crippen molar-refractivity contribution < 1.29 is 5.11 Å². The molecule has 0 bridgehead atoms. The van der Waals surface area contributed by atoms with Gasteiger partial charge in [0.25, 0.3) is 0 Å². The molecule has 2 heterocycles. The summed E-state index contributed by atoms with van der Waals surface area (Å²) in [6.07, 6.45) is 1.42.